The van der Waals surface area contributed by atoms with Crippen molar-refractivity contribution in [2.24, 2.45) is 11.8 Å². The number of quaternary nitrogens is 1. The summed E-state index contributed by atoms with van der Waals surface area (Å²) < 4.78 is 0. The third-order valence-corrected chi connectivity index (χ3v) is 6.37. The number of piperazine rings is 1. The summed E-state index contributed by atoms with van der Waals surface area (Å²) in [6.45, 7) is 9.65. The zero-order chi connectivity index (χ0) is 14.4. The Hall–Kier alpha value is -1.02. The zero-order valence-corrected chi connectivity index (χ0v) is 13.6. The fraction of sp³-hybridized carbons (Fsp3) is 0.684. The van der Waals surface area contributed by atoms with Crippen LogP contribution in [0.1, 0.15) is 36.8 Å². The lowest BCUT2D eigenvalue weighted by Crippen LogP contribution is -3.18. The third-order valence-electron chi connectivity index (χ3n) is 6.37. The van der Waals surface area contributed by atoms with Crippen LogP contribution in [0.4, 0.5) is 5.69 Å². The lowest BCUT2D eigenvalue weighted by Gasteiger charge is -2.39. The standard InChI is InChI=1S/C19H28N2/c1-14-3-4-15(2)18(11-14)20-7-9-21(10-8-20)19-13-16-5-6-17(19)12-16/h3-4,11,16-17,19H,5-10,12-13H2,1-2H3/p+1/t16-,17+,19+/m1/s1. The van der Waals surface area contributed by atoms with E-state index in [0.29, 0.717) is 0 Å². The maximum Gasteiger partial charge on any atom is 0.0951 e. The Morgan fingerprint density at radius 3 is 2.52 bits per heavy atom. The summed E-state index contributed by atoms with van der Waals surface area (Å²) in [6.07, 6.45) is 6.14. The zero-order valence-electron chi connectivity index (χ0n) is 13.6. The van der Waals surface area contributed by atoms with Crippen LogP contribution in [0.15, 0.2) is 18.2 Å². The van der Waals surface area contributed by atoms with Crippen molar-refractivity contribution >= 4 is 5.69 Å². The molecule has 2 aliphatic carbocycles. The number of rotatable bonds is 2. The van der Waals surface area contributed by atoms with Crippen LogP contribution in [-0.4, -0.2) is 32.2 Å². The van der Waals surface area contributed by atoms with E-state index in [4.69, 9.17) is 0 Å². The molecule has 1 aromatic rings. The summed E-state index contributed by atoms with van der Waals surface area (Å²) in [4.78, 5) is 4.54. The second-order valence-corrected chi connectivity index (χ2v) is 7.72. The molecule has 2 heteroatoms. The van der Waals surface area contributed by atoms with Gasteiger partial charge in [0.1, 0.15) is 0 Å². The maximum absolute atomic E-state index is 2.62. The van der Waals surface area contributed by atoms with Crippen LogP contribution in [0.3, 0.4) is 0 Å². The Kier molecular flexibility index (Phi) is 3.45. The van der Waals surface area contributed by atoms with E-state index >= 15 is 0 Å². The molecular formula is C19H29N2+. The predicted octanol–water partition coefficient (Wildman–Crippen LogP) is 2.20. The van der Waals surface area contributed by atoms with Gasteiger partial charge in [0.2, 0.25) is 0 Å². The highest BCUT2D eigenvalue weighted by molar-refractivity contribution is 5.55. The van der Waals surface area contributed by atoms with Crippen molar-refractivity contribution in [1.82, 2.24) is 0 Å². The number of hydrogen-bond donors (Lipinski definition) is 1. The van der Waals surface area contributed by atoms with Crippen molar-refractivity contribution in [2.75, 3.05) is 31.1 Å². The minimum absolute atomic E-state index is 1.00. The molecule has 1 N–H and O–H groups in total. The Morgan fingerprint density at radius 1 is 1.05 bits per heavy atom. The molecule has 0 radical (unpaired) electrons. The molecule has 3 atom stereocenters. The van der Waals surface area contributed by atoms with E-state index in [1.807, 2.05) is 4.90 Å². The number of nitrogens with one attached hydrogen (secondary N) is 1. The Bertz CT molecular complexity index is 516. The molecule has 0 unspecified atom stereocenters. The van der Waals surface area contributed by atoms with E-state index in [1.165, 1.54) is 62.3 Å². The molecule has 0 aromatic heterocycles. The van der Waals surface area contributed by atoms with Gasteiger partial charge in [-0.3, -0.25) is 0 Å². The van der Waals surface area contributed by atoms with Crippen molar-refractivity contribution < 1.29 is 4.90 Å². The number of aryl methyl sites for hydroxylation is 2. The van der Waals surface area contributed by atoms with E-state index in [1.54, 1.807) is 6.42 Å². The van der Waals surface area contributed by atoms with Crippen LogP contribution in [0.2, 0.25) is 0 Å². The average molecular weight is 285 g/mol. The Balaban J connectivity index is 1.41. The highest BCUT2D eigenvalue weighted by Crippen LogP contribution is 2.43. The normalized spacial score (nSPS) is 32.9. The molecule has 3 fully saturated rings. The first kappa shape index (κ1) is 13.6. The van der Waals surface area contributed by atoms with Crippen molar-refractivity contribution in [3.8, 4) is 0 Å². The van der Waals surface area contributed by atoms with E-state index in [0.717, 1.165) is 17.9 Å². The van der Waals surface area contributed by atoms with Crippen molar-refractivity contribution in [1.29, 1.82) is 0 Å². The maximum atomic E-state index is 2.62. The molecule has 1 heterocycles. The summed E-state index contributed by atoms with van der Waals surface area (Å²) in [5.41, 5.74) is 4.30. The Labute approximate surface area is 129 Å². The molecule has 2 saturated carbocycles. The lowest BCUT2D eigenvalue weighted by atomic mass is 9.93. The Morgan fingerprint density at radius 2 is 1.86 bits per heavy atom. The van der Waals surface area contributed by atoms with Gasteiger partial charge < -0.3 is 9.80 Å². The van der Waals surface area contributed by atoms with E-state index in [9.17, 15) is 0 Å². The fourth-order valence-corrected chi connectivity index (χ4v) is 5.21. The average Bonchev–Trinajstić information content (AvgIpc) is 3.13. The summed E-state index contributed by atoms with van der Waals surface area (Å²) in [6, 6.07) is 7.89. The van der Waals surface area contributed by atoms with E-state index in [-0.39, 0.29) is 0 Å². The molecule has 0 amide bonds. The highest BCUT2D eigenvalue weighted by Gasteiger charge is 2.45. The van der Waals surface area contributed by atoms with Gasteiger partial charge in [0.05, 0.1) is 32.2 Å². The predicted molar refractivity (Wildman–Crippen MR) is 88.1 cm³/mol. The monoisotopic (exact) mass is 285 g/mol. The van der Waals surface area contributed by atoms with Gasteiger partial charge in [-0.25, -0.2) is 0 Å². The summed E-state index contributed by atoms with van der Waals surface area (Å²) in [5.74, 6) is 2.15. The van der Waals surface area contributed by atoms with E-state index < -0.39 is 0 Å². The SMILES string of the molecule is Cc1ccc(C)c(N2CC[NH+]([C@H]3C[C@@H]4CC[C@H]3C4)CC2)c1. The quantitative estimate of drug-likeness (QED) is 0.875. The molecule has 1 saturated heterocycles. The second-order valence-electron chi connectivity index (χ2n) is 7.72. The van der Waals surface area contributed by atoms with Gasteiger partial charge in [-0.1, -0.05) is 12.1 Å². The minimum atomic E-state index is 1.00. The minimum Gasteiger partial charge on any atom is -0.360 e. The molecule has 2 nitrogen and oxygen atoms in total. The third kappa shape index (κ3) is 2.48. The summed E-state index contributed by atoms with van der Waals surface area (Å²) in [5, 5.41) is 0. The first-order valence-corrected chi connectivity index (χ1v) is 8.87. The topological polar surface area (TPSA) is 7.68 Å². The molecular weight excluding hydrogens is 256 g/mol. The second kappa shape index (κ2) is 5.31. The number of anilines is 1. The number of hydrogen-bond acceptors (Lipinski definition) is 1. The van der Waals surface area contributed by atoms with Gasteiger partial charge in [-0.15, -0.1) is 0 Å². The van der Waals surface area contributed by atoms with Crippen LogP contribution in [0.5, 0.6) is 0 Å². The van der Waals surface area contributed by atoms with Crippen LogP contribution in [0.25, 0.3) is 0 Å². The lowest BCUT2D eigenvalue weighted by molar-refractivity contribution is -0.929. The first-order chi connectivity index (χ1) is 10.2. The van der Waals surface area contributed by atoms with Gasteiger partial charge in [0.25, 0.3) is 0 Å². The van der Waals surface area contributed by atoms with Crippen molar-refractivity contribution in [2.45, 2.75) is 45.6 Å². The number of nitrogens with zero attached hydrogens (tertiary/aromatic N) is 1. The smallest absolute Gasteiger partial charge is 0.0951 e. The van der Waals surface area contributed by atoms with Crippen LogP contribution in [0, 0.1) is 25.7 Å². The molecule has 2 bridgehead atoms. The fourth-order valence-electron chi connectivity index (χ4n) is 5.21. The van der Waals surface area contributed by atoms with Crippen LogP contribution < -0.4 is 9.80 Å². The van der Waals surface area contributed by atoms with Crippen LogP contribution >= 0.6 is 0 Å². The van der Waals surface area contributed by atoms with Crippen molar-refractivity contribution in [3.63, 3.8) is 0 Å². The number of benzene rings is 1. The first-order valence-electron chi connectivity index (χ1n) is 8.87. The molecule has 21 heavy (non-hydrogen) atoms. The summed E-state index contributed by atoms with van der Waals surface area (Å²) in [7, 11) is 0. The van der Waals surface area contributed by atoms with Gasteiger partial charge in [0, 0.05) is 18.0 Å². The van der Waals surface area contributed by atoms with Gasteiger partial charge >= 0.3 is 0 Å². The highest BCUT2D eigenvalue weighted by atomic mass is 15.3. The van der Waals surface area contributed by atoms with Crippen molar-refractivity contribution in [3.05, 3.63) is 29.3 Å². The summed E-state index contributed by atoms with van der Waals surface area (Å²) >= 11 is 0. The molecule has 0 spiro atoms. The molecule has 3 aliphatic rings. The van der Waals surface area contributed by atoms with Gasteiger partial charge in [0.15, 0.2) is 0 Å². The van der Waals surface area contributed by atoms with E-state index in [2.05, 4.69) is 36.9 Å². The van der Waals surface area contributed by atoms with Gasteiger partial charge in [-0.2, -0.15) is 0 Å². The number of fused-ring (bicyclic) bond motifs is 2. The molecule has 1 aliphatic heterocycles. The van der Waals surface area contributed by atoms with Gasteiger partial charge in [-0.05, 0) is 56.2 Å². The van der Waals surface area contributed by atoms with Crippen LogP contribution in [-0.2, 0) is 0 Å². The molecule has 114 valence electrons. The molecule has 1 aromatic carbocycles. The largest absolute Gasteiger partial charge is 0.360 e. The molecule has 4 rings (SSSR count).